The summed E-state index contributed by atoms with van der Waals surface area (Å²) in [4.78, 5) is 6.54. The summed E-state index contributed by atoms with van der Waals surface area (Å²) < 4.78 is 23.9. The second-order valence-electron chi connectivity index (χ2n) is 6.24. The third kappa shape index (κ3) is 3.33. The molecular formula is C21H18FN3O2. The Bertz CT molecular complexity index is 1080. The maximum atomic E-state index is 13.1. The van der Waals surface area contributed by atoms with E-state index >= 15 is 0 Å². The Morgan fingerprint density at radius 2 is 1.81 bits per heavy atom. The van der Waals surface area contributed by atoms with Crippen LogP contribution in [-0.2, 0) is 6.54 Å². The highest BCUT2D eigenvalue weighted by molar-refractivity contribution is 5.92. The fraction of sp³-hybridized carbons (Fsp3) is 0.143. The molecule has 4 rings (SSSR count). The van der Waals surface area contributed by atoms with Crippen LogP contribution in [0.15, 0.2) is 65.2 Å². The van der Waals surface area contributed by atoms with Crippen LogP contribution in [0.2, 0.25) is 0 Å². The van der Waals surface area contributed by atoms with E-state index in [1.807, 2.05) is 48.3 Å². The second kappa shape index (κ2) is 7.07. The number of para-hydroxylation sites is 1. The number of fused-ring (bicyclic) bond motifs is 1. The van der Waals surface area contributed by atoms with Crippen LogP contribution in [0, 0.1) is 5.82 Å². The summed E-state index contributed by atoms with van der Waals surface area (Å²) in [6.45, 7) is 0.603. The third-order valence-corrected chi connectivity index (χ3v) is 4.41. The fourth-order valence-electron chi connectivity index (χ4n) is 3.01. The molecule has 0 bridgehead atoms. The molecule has 0 amide bonds. The quantitative estimate of drug-likeness (QED) is 0.516. The molecule has 0 saturated carbocycles. The van der Waals surface area contributed by atoms with E-state index in [0.717, 1.165) is 28.1 Å². The summed E-state index contributed by atoms with van der Waals surface area (Å²) in [5, 5.41) is 5.01. The molecule has 0 spiro atoms. The summed E-state index contributed by atoms with van der Waals surface area (Å²) in [5.74, 6) is 1.23. The van der Waals surface area contributed by atoms with Gasteiger partial charge in [0, 0.05) is 19.2 Å². The molecule has 0 atom stereocenters. The van der Waals surface area contributed by atoms with Crippen molar-refractivity contribution in [3.63, 3.8) is 0 Å². The van der Waals surface area contributed by atoms with Crippen molar-refractivity contribution >= 4 is 16.9 Å². The standard InChI is InChI=1S/C21H18FN3O2/c1-25(13-14-7-9-15(22)10-8-14)19-12-11-17-20(24-27-21(17)23-19)16-5-3-4-6-18(16)26-2/h3-12H,13H2,1-2H3. The topological polar surface area (TPSA) is 51.4 Å². The minimum atomic E-state index is -0.244. The van der Waals surface area contributed by atoms with E-state index in [2.05, 4.69) is 10.1 Å². The predicted octanol–water partition coefficient (Wildman–Crippen LogP) is 4.67. The molecule has 0 aliphatic rings. The third-order valence-electron chi connectivity index (χ3n) is 4.41. The summed E-state index contributed by atoms with van der Waals surface area (Å²) >= 11 is 0. The molecule has 0 fully saturated rings. The molecule has 27 heavy (non-hydrogen) atoms. The van der Waals surface area contributed by atoms with Crippen LogP contribution in [-0.4, -0.2) is 24.3 Å². The number of anilines is 1. The second-order valence-corrected chi connectivity index (χ2v) is 6.24. The normalized spacial score (nSPS) is 10.9. The average Bonchev–Trinajstić information content (AvgIpc) is 3.12. The molecule has 2 heterocycles. The minimum Gasteiger partial charge on any atom is -0.496 e. The highest BCUT2D eigenvalue weighted by Crippen LogP contribution is 2.34. The Morgan fingerprint density at radius 1 is 1.04 bits per heavy atom. The van der Waals surface area contributed by atoms with E-state index in [0.29, 0.717) is 18.0 Å². The lowest BCUT2D eigenvalue weighted by molar-refractivity contribution is 0.414. The molecule has 0 N–H and O–H groups in total. The van der Waals surface area contributed by atoms with Gasteiger partial charge in [0.2, 0.25) is 0 Å². The maximum absolute atomic E-state index is 13.1. The molecule has 0 radical (unpaired) electrons. The van der Waals surface area contributed by atoms with Gasteiger partial charge in [-0.1, -0.05) is 29.4 Å². The zero-order valence-corrected chi connectivity index (χ0v) is 15.0. The van der Waals surface area contributed by atoms with Crippen molar-refractivity contribution in [1.29, 1.82) is 0 Å². The Balaban J connectivity index is 1.65. The number of rotatable bonds is 5. The van der Waals surface area contributed by atoms with Gasteiger partial charge in [-0.15, -0.1) is 0 Å². The Morgan fingerprint density at radius 3 is 2.59 bits per heavy atom. The maximum Gasteiger partial charge on any atom is 0.260 e. The van der Waals surface area contributed by atoms with Crippen molar-refractivity contribution in [3.8, 4) is 17.0 Å². The van der Waals surface area contributed by atoms with Gasteiger partial charge >= 0.3 is 0 Å². The van der Waals surface area contributed by atoms with Crippen LogP contribution >= 0.6 is 0 Å². The first-order chi connectivity index (χ1) is 13.2. The van der Waals surface area contributed by atoms with E-state index in [4.69, 9.17) is 9.26 Å². The zero-order valence-electron chi connectivity index (χ0n) is 15.0. The molecule has 0 aliphatic heterocycles. The van der Waals surface area contributed by atoms with Crippen molar-refractivity contribution in [2.24, 2.45) is 0 Å². The van der Waals surface area contributed by atoms with Crippen molar-refractivity contribution in [1.82, 2.24) is 10.1 Å². The number of halogens is 1. The van der Waals surface area contributed by atoms with Crippen molar-refractivity contribution in [2.45, 2.75) is 6.54 Å². The first kappa shape index (κ1) is 17.0. The molecule has 4 aromatic rings. The first-order valence-corrected chi connectivity index (χ1v) is 8.51. The lowest BCUT2D eigenvalue weighted by Gasteiger charge is -2.17. The average molecular weight is 363 g/mol. The Kier molecular flexibility index (Phi) is 4.46. The van der Waals surface area contributed by atoms with Crippen LogP contribution in [0.1, 0.15) is 5.56 Å². The minimum absolute atomic E-state index is 0.244. The van der Waals surface area contributed by atoms with Gasteiger partial charge in [-0.25, -0.2) is 4.39 Å². The number of nitrogens with zero attached hydrogens (tertiary/aromatic N) is 3. The lowest BCUT2D eigenvalue weighted by atomic mass is 10.1. The summed E-state index contributed by atoms with van der Waals surface area (Å²) in [7, 11) is 3.55. The van der Waals surface area contributed by atoms with Crippen LogP contribution in [0.25, 0.3) is 22.4 Å². The van der Waals surface area contributed by atoms with Gasteiger partial charge < -0.3 is 14.2 Å². The van der Waals surface area contributed by atoms with Crippen molar-refractivity contribution in [3.05, 3.63) is 72.0 Å². The van der Waals surface area contributed by atoms with Gasteiger partial charge in [0.1, 0.15) is 23.1 Å². The molecule has 2 aromatic carbocycles. The van der Waals surface area contributed by atoms with Crippen LogP contribution < -0.4 is 9.64 Å². The van der Waals surface area contributed by atoms with Gasteiger partial charge in [0.15, 0.2) is 0 Å². The molecule has 0 saturated heterocycles. The molecule has 6 heteroatoms. The summed E-state index contributed by atoms with van der Waals surface area (Å²) in [5.41, 5.74) is 3.00. The van der Waals surface area contributed by atoms with Gasteiger partial charge in [-0.2, -0.15) is 4.98 Å². The fourth-order valence-corrected chi connectivity index (χ4v) is 3.01. The van der Waals surface area contributed by atoms with Gasteiger partial charge in [0.25, 0.3) is 5.71 Å². The zero-order chi connectivity index (χ0) is 18.8. The predicted molar refractivity (Wildman–Crippen MR) is 102 cm³/mol. The number of methoxy groups -OCH3 is 1. The number of aromatic nitrogens is 2. The highest BCUT2D eigenvalue weighted by Gasteiger charge is 2.16. The Hall–Kier alpha value is -3.41. The van der Waals surface area contributed by atoms with Crippen LogP contribution in [0.5, 0.6) is 5.75 Å². The van der Waals surface area contributed by atoms with Crippen molar-refractivity contribution < 1.29 is 13.7 Å². The van der Waals surface area contributed by atoms with E-state index < -0.39 is 0 Å². The lowest BCUT2D eigenvalue weighted by Crippen LogP contribution is -2.17. The van der Waals surface area contributed by atoms with Gasteiger partial charge in [-0.05, 0) is 42.0 Å². The first-order valence-electron chi connectivity index (χ1n) is 8.51. The van der Waals surface area contributed by atoms with Crippen molar-refractivity contribution in [2.75, 3.05) is 19.1 Å². The molecule has 136 valence electrons. The number of hydrogen-bond donors (Lipinski definition) is 0. The number of hydrogen-bond acceptors (Lipinski definition) is 5. The van der Waals surface area contributed by atoms with E-state index in [9.17, 15) is 4.39 Å². The summed E-state index contributed by atoms with van der Waals surface area (Å²) in [6, 6.07) is 17.9. The molecular weight excluding hydrogens is 345 g/mol. The van der Waals surface area contributed by atoms with E-state index in [1.165, 1.54) is 12.1 Å². The number of ether oxygens (including phenoxy) is 1. The highest BCUT2D eigenvalue weighted by atomic mass is 19.1. The van der Waals surface area contributed by atoms with Crippen LogP contribution in [0.3, 0.4) is 0 Å². The van der Waals surface area contributed by atoms with E-state index in [1.54, 1.807) is 19.2 Å². The molecule has 0 aliphatic carbocycles. The molecule has 2 aromatic heterocycles. The largest absolute Gasteiger partial charge is 0.496 e. The smallest absolute Gasteiger partial charge is 0.260 e. The molecule has 5 nitrogen and oxygen atoms in total. The van der Waals surface area contributed by atoms with Crippen LogP contribution in [0.4, 0.5) is 10.2 Å². The molecule has 0 unspecified atom stereocenters. The Labute approximate surface area is 156 Å². The summed E-state index contributed by atoms with van der Waals surface area (Å²) in [6.07, 6.45) is 0. The monoisotopic (exact) mass is 363 g/mol. The van der Waals surface area contributed by atoms with Gasteiger partial charge in [0.05, 0.1) is 12.5 Å². The van der Waals surface area contributed by atoms with Gasteiger partial charge in [-0.3, -0.25) is 0 Å². The number of benzene rings is 2. The SMILES string of the molecule is COc1ccccc1-c1noc2nc(N(C)Cc3ccc(F)cc3)ccc12. The van der Waals surface area contributed by atoms with E-state index in [-0.39, 0.29) is 5.82 Å². The number of pyridine rings is 1.